The van der Waals surface area contributed by atoms with Crippen LogP contribution in [0.15, 0.2) is 0 Å². The van der Waals surface area contributed by atoms with E-state index in [1.807, 2.05) is 0 Å². The summed E-state index contributed by atoms with van der Waals surface area (Å²) < 4.78 is 17.3. The molecule has 0 heterocycles. The number of esters is 3. The van der Waals surface area contributed by atoms with Crippen molar-refractivity contribution in [3.05, 3.63) is 0 Å². The highest BCUT2D eigenvalue weighted by Gasteiger charge is 2.74. The lowest BCUT2D eigenvalue weighted by atomic mass is 9.31. The molecule has 10 atom stereocenters. The quantitative estimate of drug-likeness (QED) is 0.268. The van der Waals surface area contributed by atoms with Crippen LogP contribution in [0.2, 0.25) is 0 Å². The number of ether oxygens (including phenoxy) is 3. The van der Waals surface area contributed by atoms with Gasteiger partial charge in [-0.2, -0.15) is 0 Å². The molecule has 42 heavy (non-hydrogen) atoms. The van der Waals surface area contributed by atoms with E-state index in [-0.39, 0.29) is 63.2 Å². The van der Waals surface area contributed by atoms with Crippen LogP contribution >= 0.6 is 0 Å². The molecule has 0 aromatic heterocycles. The van der Waals surface area contributed by atoms with Crippen molar-refractivity contribution in [3.8, 4) is 0 Å². The van der Waals surface area contributed by atoms with Gasteiger partial charge in [-0.05, 0) is 90.8 Å². The fourth-order valence-corrected chi connectivity index (χ4v) is 12.1. The van der Waals surface area contributed by atoms with E-state index in [0.717, 1.165) is 44.9 Å². The Labute approximate surface area is 252 Å². The minimum Gasteiger partial charge on any atom is -0.469 e. The van der Waals surface area contributed by atoms with Gasteiger partial charge < -0.3 is 14.2 Å². The van der Waals surface area contributed by atoms with Crippen LogP contribution in [-0.2, 0) is 33.4 Å². The van der Waals surface area contributed by atoms with E-state index in [9.17, 15) is 19.2 Å². The molecule has 5 aliphatic carbocycles. The second-order valence-corrected chi connectivity index (χ2v) is 17.0. The first-order valence-corrected chi connectivity index (χ1v) is 16.2. The van der Waals surface area contributed by atoms with E-state index in [0.29, 0.717) is 18.6 Å². The molecule has 0 N–H and O–H groups in total. The topological polar surface area (TPSA) is 96.0 Å². The molecule has 0 amide bonds. The van der Waals surface area contributed by atoms with Crippen LogP contribution in [0.3, 0.4) is 0 Å². The van der Waals surface area contributed by atoms with E-state index in [1.165, 1.54) is 21.0 Å². The van der Waals surface area contributed by atoms with Crippen molar-refractivity contribution in [2.24, 2.45) is 56.2 Å². The second-order valence-electron chi connectivity index (χ2n) is 17.0. The summed E-state index contributed by atoms with van der Waals surface area (Å²) >= 11 is 0. The second kappa shape index (κ2) is 9.79. The third-order valence-corrected chi connectivity index (χ3v) is 14.1. The maximum atomic E-state index is 14.7. The molecule has 5 rings (SSSR count). The number of hydrogen-bond donors (Lipinski definition) is 0. The first-order chi connectivity index (χ1) is 19.3. The Kier molecular flexibility index (Phi) is 7.34. The third-order valence-electron chi connectivity index (χ3n) is 14.1. The predicted octanol–water partition coefficient (Wildman–Crippen LogP) is 6.69. The number of carbonyl (C=O) groups is 4. The van der Waals surface area contributed by atoms with Gasteiger partial charge in [-0.1, -0.05) is 48.5 Å². The molecule has 7 heteroatoms. The molecule has 0 aromatic carbocycles. The summed E-state index contributed by atoms with van der Waals surface area (Å²) in [6.07, 6.45) is 6.07. The van der Waals surface area contributed by atoms with E-state index in [1.54, 1.807) is 0 Å². The van der Waals surface area contributed by atoms with Crippen molar-refractivity contribution in [3.63, 3.8) is 0 Å². The minimum absolute atomic E-state index is 0.0202. The SMILES string of the molecule is COC(=O)[C@]12CCC(C)(C)C[C@H]1[C@H]1C(=O)C[C@@H]3[C@@]4(C)C[C@@H](OC(C)=O)[C@H](OC(C)=O)C(C)(C)[C@@H]4CC[C@@]3(C)[C@]1(C)CC2. The van der Waals surface area contributed by atoms with E-state index >= 15 is 0 Å². The normalized spacial score (nSPS) is 47.0. The van der Waals surface area contributed by atoms with E-state index < -0.39 is 23.0 Å². The standard InChI is InChI=1S/C35H54O7/c1-20(36)41-24-19-32(7)25(31(5,6)28(24)42-21(2)37)11-12-33(8)26(32)17-23(38)27-22-18-30(3,4)13-15-35(22,29(39)40-10)16-14-34(27,33)9/h22,24-28H,11-19H2,1-10H3/t22-,24+,25-,26+,27-,28-,32-,33+,34+,35-/m0/s1. The summed E-state index contributed by atoms with van der Waals surface area (Å²) in [4.78, 5) is 52.7. The highest BCUT2D eigenvalue weighted by Crippen LogP contribution is 2.76. The van der Waals surface area contributed by atoms with Crippen molar-refractivity contribution >= 4 is 23.7 Å². The Morgan fingerprint density at radius 2 is 1.38 bits per heavy atom. The van der Waals surface area contributed by atoms with Gasteiger partial charge in [0.05, 0.1) is 12.5 Å². The minimum atomic E-state index is -0.584. The average Bonchev–Trinajstić information content (AvgIpc) is 2.86. The maximum Gasteiger partial charge on any atom is 0.312 e. The Morgan fingerprint density at radius 3 is 1.98 bits per heavy atom. The van der Waals surface area contributed by atoms with Gasteiger partial charge in [-0.15, -0.1) is 0 Å². The van der Waals surface area contributed by atoms with Crippen LogP contribution in [0.25, 0.3) is 0 Å². The number of hydrogen-bond acceptors (Lipinski definition) is 7. The highest BCUT2D eigenvalue weighted by atomic mass is 16.6. The summed E-state index contributed by atoms with van der Waals surface area (Å²) in [6.45, 7) is 18.8. The highest BCUT2D eigenvalue weighted by molar-refractivity contribution is 5.87. The van der Waals surface area contributed by atoms with Gasteiger partial charge in [0.2, 0.25) is 0 Å². The summed E-state index contributed by atoms with van der Waals surface area (Å²) in [5, 5.41) is 0. The summed E-state index contributed by atoms with van der Waals surface area (Å²) in [5.41, 5.74) is -1.64. The molecule has 0 aromatic rings. The molecule has 7 nitrogen and oxygen atoms in total. The Hall–Kier alpha value is -1.92. The molecule has 0 spiro atoms. The maximum absolute atomic E-state index is 14.7. The van der Waals surface area contributed by atoms with Gasteiger partial charge in [0, 0.05) is 31.6 Å². The summed E-state index contributed by atoms with van der Waals surface area (Å²) in [7, 11) is 1.50. The molecule has 5 saturated carbocycles. The zero-order valence-electron chi connectivity index (χ0n) is 27.7. The number of methoxy groups -OCH3 is 1. The smallest absolute Gasteiger partial charge is 0.312 e. The molecular weight excluding hydrogens is 532 g/mol. The Morgan fingerprint density at radius 1 is 0.762 bits per heavy atom. The average molecular weight is 587 g/mol. The largest absolute Gasteiger partial charge is 0.469 e. The fraction of sp³-hybridized carbons (Fsp3) is 0.886. The van der Waals surface area contributed by atoms with Crippen LogP contribution in [0.4, 0.5) is 0 Å². The van der Waals surface area contributed by atoms with Crippen molar-refractivity contribution < 1.29 is 33.4 Å². The Balaban J connectivity index is 1.59. The molecule has 5 fully saturated rings. The number of carbonyl (C=O) groups excluding carboxylic acids is 4. The van der Waals surface area contributed by atoms with Crippen LogP contribution < -0.4 is 0 Å². The van der Waals surface area contributed by atoms with Gasteiger partial charge in [-0.3, -0.25) is 19.2 Å². The molecule has 5 aliphatic rings. The number of fused-ring (bicyclic) bond motifs is 7. The van der Waals surface area contributed by atoms with Crippen LogP contribution in [0, 0.1) is 56.2 Å². The molecule has 0 bridgehead atoms. The monoisotopic (exact) mass is 586 g/mol. The first kappa shape index (κ1) is 31.5. The van der Waals surface area contributed by atoms with Crippen LogP contribution in [0.5, 0.6) is 0 Å². The first-order valence-electron chi connectivity index (χ1n) is 16.2. The molecule has 0 aliphatic heterocycles. The van der Waals surface area contributed by atoms with Crippen molar-refractivity contribution in [2.45, 2.75) is 132 Å². The van der Waals surface area contributed by atoms with Gasteiger partial charge >= 0.3 is 17.9 Å². The number of ketones is 1. The Bertz CT molecular complexity index is 1170. The summed E-state index contributed by atoms with van der Waals surface area (Å²) in [6, 6.07) is 0. The lowest BCUT2D eigenvalue weighted by Gasteiger charge is -2.73. The molecule has 0 radical (unpaired) electrons. The zero-order valence-corrected chi connectivity index (χ0v) is 27.7. The predicted molar refractivity (Wildman–Crippen MR) is 158 cm³/mol. The van der Waals surface area contributed by atoms with Crippen molar-refractivity contribution in [2.75, 3.05) is 7.11 Å². The third kappa shape index (κ3) is 4.24. The van der Waals surface area contributed by atoms with Crippen LogP contribution in [0.1, 0.15) is 120 Å². The fourth-order valence-electron chi connectivity index (χ4n) is 12.1. The van der Waals surface area contributed by atoms with Gasteiger partial charge in [0.15, 0.2) is 0 Å². The number of rotatable bonds is 3. The van der Waals surface area contributed by atoms with Crippen molar-refractivity contribution in [1.29, 1.82) is 0 Å². The molecule has 236 valence electrons. The lowest BCUT2D eigenvalue weighted by molar-refractivity contribution is -0.265. The van der Waals surface area contributed by atoms with Crippen molar-refractivity contribution in [1.82, 2.24) is 0 Å². The van der Waals surface area contributed by atoms with E-state index in [2.05, 4.69) is 48.5 Å². The van der Waals surface area contributed by atoms with Gasteiger partial charge in [-0.25, -0.2) is 0 Å². The van der Waals surface area contributed by atoms with E-state index in [4.69, 9.17) is 14.2 Å². The molecular formula is C35H54O7. The molecule has 0 unspecified atom stereocenters. The van der Waals surface area contributed by atoms with Gasteiger partial charge in [0.1, 0.15) is 18.0 Å². The molecule has 0 saturated heterocycles. The lowest BCUT2D eigenvalue weighted by Crippen LogP contribution is -2.71. The zero-order chi connectivity index (χ0) is 31.3. The summed E-state index contributed by atoms with van der Waals surface area (Å²) in [5.74, 6) is -0.504. The number of Topliss-reactive ketones (excluding diaryl/α,β-unsaturated/α-hetero) is 1. The van der Waals surface area contributed by atoms with Gasteiger partial charge in [0.25, 0.3) is 0 Å². The van der Waals surface area contributed by atoms with Crippen LogP contribution in [-0.4, -0.2) is 43.0 Å².